The molecule has 0 aromatic carbocycles. The minimum atomic E-state index is -0.146. The number of halogens is 2. The van der Waals surface area contributed by atoms with Gasteiger partial charge in [-0.1, -0.05) is 29.3 Å². The molecule has 1 fully saturated rings. The molecule has 0 radical (unpaired) electrons. The van der Waals surface area contributed by atoms with Gasteiger partial charge in [0.25, 0.3) is 0 Å². The summed E-state index contributed by atoms with van der Waals surface area (Å²) in [5.74, 6) is 0.392. The van der Waals surface area contributed by atoms with Gasteiger partial charge in [-0.3, -0.25) is 10.6 Å². The Balaban J connectivity index is 1.22. The van der Waals surface area contributed by atoms with Gasteiger partial charge in [0.05, 0.1) is 17.3 Å². The largest absolute Gasteiger partial charge is 0.370 e. The predicted octanol–water partition coefficient (Wildman–Crippen LogP) is 3.83. The Bertz CT molecular complexity index is 932. The van der Waals surface area contributed by atoms with Gasteiger partial charge in [-0.25, -0.2) is 4.39 Å². The lowest BCUT2D eigenvalue weighted by Gasteiger charge is -2.44. The van der Waals surface area contributed by atoms with Crippen molar-refractivity contribution in [2.24, 2.45) is 5.92 Å². The second kappa shape index (κ2) is 10.0. The average Bonchev–Trinajstić information content (AvgIpc) is 3.34. The first-order chi connectivity index (χ1) is 16.6. The van der Waals surface area contributed by atoms with Crippen molar-refractivity contribution in [2.45, 2.75) is 88.4 Å². The van der Waals surface area contributed by atoms with Crippen LogP contribution < -0.4 is 21.3 Å². The molecular formula is C26H36ClFN4O2. The smallest absolute Gasteiger partial charge is 0.148 e. The van der Waals surface area contributed by atoms with Crippen molar-refractivity contribution in [1.29, 1.82) is 0 Å². The van der Waals surface area contributed by atoms with Crippen LogP contribution in [0.1, 0.15) is 57.8 Å². The van der Waals surface area contributed by atoms with Gasteiger partial charge in [0, 0.05) is 31.1 Å². The topological polar surface area (TPSA) is 66.6 Å². The number of nitrogens with one attached hydrogen (secondary N) is 4. The summed E-state index contributed by atoms with van der Waals surface area (Å²) < 4.78 is 25.4. The summed E-state index contributed by atoms with van der Waals surface area (Å²) in [6.07, 6.45) is 13.5. The first-order valence-electron chi connectivity index (χ1n) is 13.0. The minimum absolute atomic E-state index is 0.0607. The fourth-order valence-electron chi connectivity index (χ4n) is 6.46. The number of allylic oxidation sites excluding steroid dienone is 3. The molecule has 8 heteroatoms. The van der Waals surface area contributed by atoms with E-state index in [9.17, 15) is 4.39 Å². The molecular weight excluding hydrogens is 455 g/mol. The van der Waals surface area contributed by atoms with Crippen LogP contribution in [0.5, 0.6) is 0 Å². The molecule has 3 heterocycles. The second-order valence-corrected chi connectivity index (χ2v) is 11.0. The Morgan fingerprint density at radius 2 is 2.00 bits per heavy atom. The molecule has 2 unspecified atom stereocenters. The lowest BCUT2D eigenvalue weighted by Crippen LogP contribution is -2.62. The number of hydrogen-bond acceptors (Lipinski definition) is 6. The monoisotopic (exact) mass is 490 g/mol. The van der Waals surface area contributed by atoms with Crippen molar-refractivity contribution in [3.8, 4) is 0 Å². The van der Waals surface area contributed by atoms with Crippen LogP contribution >= 0.6 is 11.6 Å². The molecule has 3 aliphatic carbocycles. The summed E-state index contributed by atoms with van der Waals surface area (Å²) in [6.45, 7) is 2.37. The number of rotatable bonds is 4. The van der Waals surface area contributed by atoms with Gasteiger partial charge in [0.2, 0.25) is 0 Å². The number of hydrogen-bond donors (Lipinski definition) is 4. The molecule has 1 saturated heterocycles. The molecule has 0 aromatic rings. The summed E-state index contributed by atoms with van der Waals surface area (Å²) in [5.41, 5.74) is 5.71. The molecule has 6 rings (SSSR count). The molecule has 34 heavy (non-hydrogen) atoms. The Morgan fingerprint density at radius 1 is 1.06 bits per heavy atom. The first-order valence-corrected chi connectivity index (χ1v) is 13.4. The van der Waals surface area contributed by atoms with E-state index in [4.69, 9.17) is 21.1 Å². The van der Waals surface area contributed by atoms with Crippen LogP contribution in [0.4, 0.5) is 4.39 Å². The van der Waals surface area contributed by atoms with E-state index < -0.39 is 0 Å². The van der Waals surface area contributed by atoms with Crippen LogP contribution in [0.2, 0.25) is 0 Å². The van der Waals surface area contributed by atoms with Crippen molar-refractivity contribution < 1.29 is 13.9 Å². The quantitative estimate of drug-likeness (QED) is 0.449. The van der Waals surface area contributed by atoms with Gasteiger partial charge in [0.1, 0.15) is 24.9 Å². The van der Waals surface area contributed by atoms with E-state index in [1.165, 1.54) is 22.4 Å². The summed E-state index contributed by atoms with van der Waals surface area (Å²) in [7, 11) is 0. The SMILES string of the molecule is FC1=C(Cl)C[C@@H](N[C@H]2NC(C3=CCCNC3)NC3=C2C[C@H](C2=CC4OCO[C@@H]4CC2)CC3)CC1. The van der Waals surface area contributed by atoms with Crippen LogP contribution in [-0.2, 0) is 9.47 Å². The molecule has 6 aliphatic rings. The zero-order chi connectivity index (χ0) is 23.1. The van der Waals surface area contributed by atoms with E-state index in [0.29, 0.717) is 30.6 Å². The van der Waals surface area contributed by atoms with E-state index >= 15 is 0 Å². The first kappa shape index (κ1) is 23.2. The zero-order valence-corrected chi connectivity index (χ0v) is 20.4. The van der Waals surface area contributed by atoms with Crippen molar-refractivity contribution in [3.63, 3.8) is 0 Å². The van der Waals surface area contributed by atoms with Gasteiger partial charge in [-0.2, -0.15) is 0 Å². The molecule has 0 spiro atoms. The zero-order valence-electron chi connectivity index (χ0n) is 19.7. The molecule has 0 bridgehead atoms. The van der Waals surface area contributed by atoms with Crippen molar-refractivity contribution >= 4 is 11.6 Å². The molecule has 6 nitrogen and oxygen atoms in total. The molecule has 0 aromatic heterocycles. The van der Waals surface area contributed by atoms with E-state index in [0.717, 1.165) is 58.0 Å². The maximum atomic E-state index is 13.9. The molecule has 4 N–H and O–H groups in total. The van der Waals surface area contributed by atoms with Crippen molar-refractivity contribution in [1.82, 2.24) is 21.3 Å². The summed E-state index contributed by atoms with van der Waals surface area (Å²) in [5, 5.41) is 15.4. The van der Waals surface area contributed by atoms with Crippen LogP contribution in [0.25, 0.3) is 0 Å². The summed E-state index contributed by atoms with van der Waals surface area (Å²) in [6, 6.07) is 0.175. The average molecular weight is 491 g/mol. The number of fused-ring (bicyclic) bond motifs is 1. The lowest BCUT2D eigenvalue weighted by atomic mass is 9.76. The standard InChI is InChI=1S/C26H36ClFN4O2/c27-20-12-18(5-6-21(20)28)30-26-19-10-15(16-4-8-23-24(11-16)34-14-33-23)3-7-22(19)31-25(32-26)17-2-1-9-29-13-17/h2,11,15,18,23-26,29-32H,1,3-10,12-14H2/t15-,18+,23-,24?,25?,26+/m1/s1. The van der Waals surface area contributed by atoms with Crippen molar-refractivity contribution in [2.75, 3.05) is 19.9 Å². The van der Waals surface area contributed by atoms with Crippen LogP contribution in [0.3, 0.4) is 0 Å². The highest BCUT2D eigenvalue weighted by atomic mass is 35.5. The lowest BCUT2D eigenvalue weighted by molar-refractivity contribution is 0.0423. The van der Waals surface area contributed by atoms with Crippen molar-refractivity contribution in [3.05, 3.63) is 45.4 Å². The van der Waals surface area contributed by atoms with Crippen LogP contribution in [-0.4, -0.2) is 50.5 Å². The van der Waals surface area contributed by atoms with Crippen LogP contribution in [0, 0.1) is 5.92 Å². The number of ether oxygens (including phenoxy) is 2. The minimum Gasteiger partial charge on any atom is -0.370 e. The molecule has 3 aliphatic heterocycles. The Hall–Kier alpha value is -1.22. The third-order valence-corrected chi connectivity index (χ3v) is 8.75. The molecule has 0 saturated carbocycles. The highest BCUT2D eigenvalue weighted by Crippen LogP contribution is 2.41. The Labute approximate surface area is 206 Å². The molecule has 6 atom stereocenters. The third-order valence-electron chi connectivity index (χ3n) is 8.39. The van der Waals surface area contributed by atoms with Gasteiger partial charge in [0.15, 0.2) is 0 Å². The fraction of sp³-hybridized carbons (Fsp3) is 0.692. The Morgan fingerprint density at radius 3 is 2.85 bits per heavy atom. The van der Waals surface area contributed by atoms with Gasteiger partial charge in [-0.05, 0) is 68.6 Å². The second-order valence-electron chi connectivity index (χ2n) is 10.5. The summed E-state index contributed by atoms with van der Waals surface area (Å²) in [4.78, 5) is 0. The summed E-state index contributed by atoms with van der Waals surface area (Å²) >= 11 is 6.21. The van der Waals surface area contributed by atoms with Gasteiger partial charge >= 0.3 is 0 Å². The van der Waals surface area contributed by atoms with Gasteiger partial charge in [-0.15, -0.1) is 0 Å². The van der Waals surface area contributed by atoms with E-state index in [2.05, 4.69) is 33.4 Å². The normalized spacial score (nSPS) is 38.6. The molecule has 0 amide bonds. The highest BCUT2D eigenvalue weighted by Gasteiger charge is 2.38. The third kappa shape index (κ3) is 4.75. The maximum Gasteiger partial charge on any atom is 0.148 e. The molecule has 186 valence electrons. The van der Waals surface area contributed by atoms with E-state index in [1.54, 1.807) is 0 Å². The van der Waals surface area contributed by atoms with E-state index in [-0.39, 0.29) is 36.4 Å². The highest BCUT2D eigenvalue weighted by molar-refractivity contribution is 6.29. The maximum absolute atomic E-state index is 13.9. The Kier molecular flexibility index (Phi) is 6.84. The van der Waals surface area contributed by atoms with Crippen LogP contribution in [0.15, 0.2) is 45.4 Å². The predicted molar refractivity (Wildman–Crippen MR) is 130 cm³/mol. The van der Waals surface area contributed by atoms with E-state index in [1.807, 2.05) is 0 Å². The fourth-order valence-corrected chi connectivity index (χ4v) is 6.74. The van der Waals surface area contributed by atoms with Gasteiger partial charge < -0.3 is 20.1 Å².